The smallest absolute Gasteiger partial charge is 0.212 e. The number of hydrogen-bond acceptors (Lipinski definition) is 2. The molecule has 0 saturated heterocycles. The molecule has 1 spiro atoms. The summed E-state index contributed by atoms with van der Waals surface area (Å²) in [5, 5.41) is 2.49. The second kappa shape index (κ2) is 5.14. The zero-order valence-electron chi connectivity index (χ0n) is 15.5. The Labute approximate surface area is 154 Å². The van der Waals surface area contributed by atoms with E-state index < -0.39 is 5.72 Å². The molecule has 0 bridgehead atoms. The first-order valence-electron chi connectivity index (χ1n) is 9.34. The van der Waals surface area contributed by atoms with Crippen molar-refractivity contribution in [2.75, 3.05) is 11.9 Å². The van der Waals surface area contributed by atoms with E-state index in [2.05, 4.69) is 98.6 Å². The fourth-order valence-electron chi connectivity index (χ4n) is 4.83. The van der Waals surface area contributed by atoms with E-state index in [0.29, 0.717) is 0 Å². The number of para-hydroxylation sites is 1. The summed E-state index contributed by atoms with van der Waals surface area (Å²) in [5.41, 5.74) is 3.18. The van der Waals surface area contributed by atoms with Crippen LogP contribution in [0.2, 0.25) is 0 Å². The van der Waals surface area contributed by atoms with Gasteiger partial charge in [0, 0.05) is 18.3 Å². The van der Waals surface area contributed by atoms with Crippen LogP contribution in [0.3, 0.4) is 0 Å². The Morgan fingerprint density at radius 3 is 2.58 bits per heavy atom. The van der Waals surface area contributed by atoms with Crippen molar-refractivity contribution < 1.29 is 4.74 Å². The van der Waals surface area contributed by atoms with Gasteiger partial charge in [0.05, 0.1) is 5.41 Å². The standard InChI is InChI=1S/C24H23NO/c1-4-23(2)20-11-7-8-12-21(20)25(3)24(23)16-15-19-18-10-6-5-9-17(18)13-14-22(19)26-24/h5-16H,4H2,1-3H3/t23-,24-/m0/s1. The van der Waals surface area contributed by atoms with Gasteiger partial charge in [-0.25, -0.2) is 0 Å². The molecular formula is C24H23NO. The molecule has 2 heterocycles. The number of fused-ring (bicyclic) bond motifs is 4. The summed E-state index contributed by atoms with van der Waals surface area (Å²) in [4.78, 5) is 2.31. The van der Waals surface area contributed by atoms with E-state index in [1.54, 1.807) is 0 Å². The number of rotatable bonds is 1. The molecule has 2 nitrogen and oxygen atoms in total. The summed E-state index contributed by atoms with van der Waals surface area (Å²) in [7, 11) is 2.15. The zero-order valence-corrected chi connectivity index (χ0v) is 15.5. The van der Waals surface area contributed by atoms with Gasteiger partial charge < -0.3 is 9.64 Å². The largest absolute Gasteiger partial charge is 0.463 e. The SMILES string of the molecule is CC[C@@]1(C)c2ccccc2N(C)[C@]12C=Cc1c(ccc3ccccc13)O2. The first-order chi connectivity index (χ1) is 12.6. The number of benzene rings is 3. The molecule has 26 heavy (non-hydrogen) atoms. The molecule has 2 atom stereocenters. The van der Waals surface area contributed by atoms with E-state index >= 15 is 0 Å². The van der Waals surface area contributed by atoms with Crippen LogP contribution in [0.1, 0.15) is 31.4 Å². The summed E-state index contributed by atoms with van der Waals surface area (Å²) >= 11 is 0. The number of ether oxygens (including phenoxy) is 1. The van der Waals surface area contributed by atoms with Gasteiger partial charge in [0.1, 0.15) is 5.75 Å². The molecule has 0 N–H and O–H groups in total. The van der Waals surface area contributed by atoms with Gasteiger partial charge in [-0.3, -0.25) is 0 Å². The Morgan fingerprint density at radius 1 is 0.962 bits per heavy atom. The lowest BCUT2D eigenvalue weighted by Gasteiger charge is -2.47. The number of hydrogen-bond donors (Lipinski definition) is 0. The van der Waals surface area contributed by atoms with E-state index in [-0.39, 0.29) is 5.41 Å². The zero-order chi connectivity index (χ0) is 17.9. The van der Waals surface area contributed by atoms with Crippen LogP contribution >= 0.6 is 0 Å². The first-order valence-corrected chi connectivity index (χ1v) is 9.34. The summed E-state index contributed by atoms with van der Waals surface area (Å²) in [5.74, 6) is 0.963. The Kier molecular flexibility index (Phi) is 3.06. The average Bonchev–Trinajstić information content (AvgIpc) is 2.88. The van der Waals surface area contributed by atoms with E-state index in [0.717, 1.165) is 12.2 Å². The predicted molar refractivity (Wildman–Crippen MR) is 109 cm³/mol. The molecule has 0 unspecified atom stereocenters. The Hall–Kier alpha value is -2.74. The molecule has 0 aromatic heterocycles. The molecule has 2 aliphatic rings. The molecule has 0 amide bonds. The minimum Gasteiger partial charge on any atom is -0.463 e. The van der Waals surface area contributed by atoms with Gasteiger partial charge in [-0.15, -0.1) is 0 Å². The van der Waals surface area contributed by atoms with Crippen molar-refractivity contribution in [2.45, 2.75) is 31.4 Å². The van der Waals surface area contributed by atoms with Gasteiger partial charge in [0.25, 0.3) is 0 Å². The van der Waals surface area contributed by atoms with E-state index in [9.17, 15) is 0 Å². The van der Waals surface area contributed by atoms with Gasteiger partial charge in [0.2, 0.25) is 5.72 Å². The van der Waals surface area contributed by atoms with Crippen molar-refractivity contribution in [3.8, 4) is 5.75 Å². The van der Waals surface area contributed by atoms with E-state index in [1.807, 2.05) is 0 Å². The first kappa shape index (κ1) is 15.5. The summed E-state index contributed by atoms with van der Waals surface area (Å²) < 4.78 is 6.83. The summed E-state index contributed by atoms with van der Waals surface area (Å²) in [6.45, 7) is 4.58. The predicted octanol–water partition coefficient (Wildman–Crippen LogP) is 5.76. The fraction of sp³-hybridized carbons (Fsp3) is 0.250. The van der Waals surface area contributed by atoms with Crippen LogP contribution in [-0.4, -0.2) is 12.8 Å². The molecule has 0 fully saturated rings. The van der Waals surface area contributed by atoms with Crippen molar-refractivity contribution in [2.24, 2.45) is 0 Å². The maximum Gasteiger partial charge on any atom is 0.212 e. The third-order valence-corrected chi connectivity index (χ3v) is 6.53. The molecule has 2 aliphatic heterocycles. The lowest BCUT2D eigenvalue weighted by atomic mass is 9.72. The quantitative estimate of drug-likeness (QED) is 0.558. The third kappa shape index (κ3) is 1.72. The fourth-order valence-corrected chi connectivity index (χ4v) is 4.83. The number of nitrogens with zero attached hydrogens (tertiary/aromatic N) is 1. The molecule has 0 saturated carbocycles. The molecule has 0 radical (unpaired) electrons. The molecule has 3 aromatic rings. The van der Waals surface area contributed by atoms with Crippen LogP contribution in [0.15, 0.2) is 66.7 Å². The van der Waals surface area contributed by atoms with Gasteiger partial charge in [-0.2, -0.15) is 0 Å². The Balaban J connectivity index is 1.73. The maximum absolute atomic E-state index is 6.83. The minimum atomic E-state index is -0.499. The lowest BCUT2D eigenvalue weighted by molar-refractivity contribution is 0.0470. The maximum atomic E-state index is 6.83. The highest BCUT2D eigenvalue weighted by Crippen LogP contribution is 2.56. The average molecular weight is 341 g/mol. The van der Waals surface area contributed by atoms with Crippen molar-refractivity contribution in [1.82, 2.24) is 0 Å². The molecular weight excluding hydrogens is 318 g/mol. The highest BCUT2D eigenvalue weighted by Gasteiger charge is 2.59. The normalized spacial score (nSPS) is 26.0. The molecule has 0 aliphatic carbocycles. The number of anilines is 1. The van der Waals surface area contributed by atoms with E-state index in [1.165, 1.54) is 27.6 Å². The van der Waals surface area contributed by atoms with Crippen molar-refractivity contribution in [3.05, 3.63) is 77.9 Å². The van der Waals surface area contributed by atoms with Gasteiger partial charge in [-0.1, -0.05) is 55.5 Å². The highest BCUT2D eigenvalue weighted by molar-refractivity contribution is 5.94. The van der Waals surface area contributed by atoms with Crippen molar-refractivity contribution in [3.63, 3.8) is 0 Å². The van der Waals surface area contributed by atoms with Crippen LogP contribution in [0.5, 0.6) is 5.75 Å². The topological polar surface area (TPSA) is 12.5 Å². The van der Waals surface area contributed by atoms with Crippen molar-refractivity contribution in [1.29, 1.82) is 0 Å². The third-order valence-electron chi connectivity index (χ3n) is 6.53. The summed E-state index contributed by atoms with van der Waals surface area (Å²) in [6.07, 6.45) is 5.53. The van der Waals surface area contributed by atoms with Crippen LogP contribution in [0.4, 0.5) is 5.69 Å². The monoisotopic (exact) mass is 341 g/mol. The van der Waals surface area contributed by atoms with Gasteiger partial charge in [-0.05, 0) is 54.0 Å². The molecule has 5 rings (SSSR count). The second-order valence-corrected chi connectivity index (χ2v) is 7.59. The van der Waals surface area contributed by atoms with Crippen LogP contribution in [0.25, 0.3) is 16.8 Å². The second-order valence-electron chi connectivity index (χ2n) is 7.59. The number of likely N-dealkylation sites (N-methyl/N-ethyl adjacent to an activating group) is 1. The van der Waals surface area contributed by atoms with Crippen molar-refractivity contribution >= 4 is 22.5 Å². The molecule has 130 valence electrons. The van der Waals surface area contributed by atoms with Crippen LogP contribution in [-0.2, 0) is 5.41 Å². The van der Waals surface area contributed by atoms with Crippen LogP contribution in [0, 0.1) is 0 Å². The van der Waals surface area contributed by atoms with Gasteiger partial charge >= 0.3 is 0 Å². The Bertz CT molecular complexity index is 1050. The van der Waals surface area contributed by atoms with Gasteiger partial charge in [0.15, 0.2) is 0 Å². The highest BCUT2D eigenvalue weighted by atomic mass is 16.5. The Morgan fingerprint density at radius 2 is 1.73 bits per heavy atom. The lowest BCUT2D eigenvalue weighted by Crippen LogP contribution is -2.59. The molecule has 2 heteroatoms. The van der Waals surface area contributed by atoms with Crippen LogP contribution < -0.4 is 9.64 Å². The molecule has 3 aromatic carbocycles. The van der Waals surface area contributed by atoms with E-state index in [4.69, 9.17) is 4.74 Å². The minimum absolute atomic E-state index is 0.113. The summed E-state index contributed by atoms with van der Waals surface area (Å²) in [6, 6.07) is 21.5.